The highest BCUT2D eigenvalue weighted by molar-refractivity contribution is 7.92. The lowest BCUT2D eigenvalue weighted by atomic mass is 10.0. The van der Waals surface area contributed by atoms with Crippen molar-refractivity contribution < 1.29 is 17.9 Å². The minimum absolute atomic E-state index is 0.00564. The van der Waals surface area contributed by atoms with Crippen LogP contribution >= 0.6 is 0 Å². The first-order valence-corrected chi connectivity index (χ1v) is 12.1. The summed E-state index contributed by atoms with van der Waals surface area (Å²) >= 11 is 0. The molecule has 0 saturated heterocycles. The van der Waals surface area contributed by atoms with Crippen LogP contribution in [0.3, 0.4) is 0 Å². The van der Waals surface area contributed by atoms with Crippen LogP contribution < -0.4 is 14.4 Å². The molecule has 1 N–H and O–H groups in total. The Morgan fingerprint density at radius 1 is 1.07 bits per heavy atom. The van der Waals surface area contributed by atoms with Crippen LogP contribution in [-0.4, -0.2) is 39.8 Å². The molecule has 0 unspecified atom stereocenters. The van der Waals surface area contributed by atoms with E-state index in [4.69, 9.17) is 4.74 Å². The number of nitrogens with zero attached hydrogens (tertiary/aromatic N) is 1. The third-order valence-electron chi connectivity index (χ3n) is 4.62. The van der Waals surface area contributed by atoms with Crippen LogP contribution in [0.15, 0.2) is 54.6 Å². The SMILES string of the molecule is CC(C)Oc1cccc(N(CCCC(=O)NC[C@@H](C)c2ccccc2)S(C)(=O)=O)c1. The summed E-state index contributed by atoms with van der Waals surface area (Å²) in [5.41, 5.74) is 1.71. The van der Waals surface area contributed by atoms with Crippen molar-refractivity contribution in [3.63, 3.8) is 0 Å². The van der Waals surface area contributed by atoms with Crippen LogP contribution in [0.5, 0.6) is 5.75 Å². The van der Waals surface area contributed by atoms with Crippen molar-refractivity contribution in [3.8, 4) is 5.75 Å². The van der Waals surface area contributed by atoms with Gasteiger partial charge in [-0.05, 0) is 43.9 Å². The van der Waals surface area contributed by atoms with Gasteiger partial charge in [0.2, 0.25) is 15.9 Å². The van der Waals surface area contributed by atoms with Gasteiger partial charge in [0.15, 0.2) is 0 Å². The van der Waals surface area contributed by atoms with Gasteiger partial charge < -0.3 is 10.1 Å². The maximum atomic E-state index is 12.3. The molecular formula is C23H32N2O4S. The van der Waals surface area contributed by atoms with Crippen molar-refractivity contribution in [3.05, 3.63) is 60.2 Å². The van der Waals surface area contributed by atoms with E-state index in [1.54, 1.807) is 24.3 Å². The van der Waals surface area contributed by atoms with Gasteiger partial charge in [-0.25, -0.2) is 8.42 Å². The van der Waals surface area contributed by atoms with Gasteiger partial charge in [0.25, 0.3) is 0 Å². The minimum Gasteiger partial charge on any atom is -0.491 e. The molecule has 2 aromatic carbocycles. The Morgan fingerprint density at radius 3 is 2.40 bits per heavy atom. The summed E-state index contributed by atoms with van der Waals surface area (Å²) in [6.45, 7) is 6.67. The zero-order valence-corrected chi connectivity index (χ0v) is 19.0. The summed E-state index contributed by atoms with van der Waals surface area (Å²) in [7, 11) is -3.48. The molecule has 0 fully saturated rings. The second-order valence-corrected chi connectivity index (χ2v) is 9.63. The number of sulfonamides is 1. The van der Waals surface area contributed by atoms with E-state index in [9.17, 15) is 13.2 Å². The lowest BCUT2D eigenvalue weighted by molar-refractivity contribution is -0.121. The van der Waals surface area contributed by atoms with Gasteiger partial charge in [-0.15, -0.1) is 0 Å². The van der Waals surface area contributed by atoms with Crippen LogP contribution in [0.1, 0.15) is 45.1 Å². The molecule has 1 atom stereocenters. The Labute approximate surface area is 180 Å². The third kappa shape index (κ3) is 7.71. The number of hydrogen-bond acceptors (Lipinski definition) is 4. The van der Waals surface area contributed by atoms with Gasteiger partial charge in [0.05, 0.1) is 18.0 Å². The Balaban J connectivity index is 1.90. The number of benzene rings is 2. The van der Waals surface area contributed by atoms with E-state index in [0.717, 1.165) is 0 Å². The topological polar surface area (TPSA) is 75.7 Å². The van der Waals surface area contributed by atoms with Crippen LogP contribution in [0, 0.1) is 0 Å². The number of nitrogens with one attached hydrogen (secondary N) is 1. The molecule has 0 aromatic heterocycles. The van der Waals surface area contributed by atoms with Gasteiger partial charge in [-0.3, -0.25) is 9.10 Å². The average molecular weight is 433 g/mol. The molecule has 7 heteroatoms. The van der Waals surface area contributed by atoms with E-state index in [2.05, 4.69) is 12.2 Å². The van der Waals surface area contributed by atoms with Crippen molar-refractivity contribution in [2.24, 2.45) is 0 Å². The summed E-state index contributed by atoms with van der Waals surface area (Å²) in [5.74, 6) is 0.748. The molecule has 2 aromatic rings. The minimum atomic E-state index is -3.48. The lowest BCUT2D eigenvalue weighted by Gasteiger charge is -2.23. The molecule has 2 rings (SSSR count). The van der Waals surface area contributed by atoms with E-state index in [-0.39, 0.29) is 30.9 Å². The van der Waals surface area contributed by atoms with Gasteiger partial charge in [-0.2, -0.15) is 0 Å². The number of amides is 1. The Hall–Kier alpha value is -2.54. The van der Waals surface area contributed by atoms with Gasteiger partial charge in [-0.1, -0.05) is 43.3 Å². The molecule has 0 heterocycles. The summed E-state index contributed by atoms with van der Waals surface area (Å²) in [6, 6.07) is 17.0. The smallest absolute Gasteiger partial charge is 0.232 e. The number of carbonyl (C=O) groups is 1. The number of anilines is 1. The largest absolute Gasteiger partial charge is 0.491 e. The predicted octanol–water partition coefficient (Wildman–Crippen LogP) is 3.94. The van der Waals surface area contributed by atoms with Crippen molar-refractivity contribution in [1.29, 1.82) is 0 Å². The van der Waals surface area contributed by atoms with E-state index in [1.807, 2.05) is 44.2 Å². The zero-order chi connectivity index (χ0) is 22.1. The number of carbonyl (C=O) groups excluding carboxylic acids is 1. The molecular weight excluding hydrogens is 400 g/mol. The number of hydrogen-bond donors (Lipinski definition) is 1. The summed E-state index contributed by atoms with van der Waals surface area (Å²) in [5, 5.41) is 2.94. The van der Waals surface area contributed by atoms with Crippen molar-refractivity contribution in [1.82, 2.24) is 5.32 Å². The molecule has 0 radical (unpaired) electrons. The normalized spacial score (nSPS) is 12.4. The second-order valence-electron chi connectivity index (χ2n) is 7.72. The van der Waals surface area contributed by atoms with E-state index in [1.165, 1.54) is 16.1 Å². The molecule has 0 saturated carbocycles. The second kappa shape index (κ2) is 11.0. The summed E-state index contributed by atoms with van der Waals surface area (Å²) < 4.78 is 31.6. The maximum absolute atomic E-state index is 12.3. The predicted molar refractivity (Wildman–Crippen MR) is 121 cm³/mol. The molecule has 0 aliphatic carbocycles. The molecule has 6 nitrogen and oxygen atoms in total. The average Bonchev–Trinajstić information content (AvgIpc) is 2.68. The fourth-order valence-electron chi connectivity index (χ4n) is 3.11. The van der Waals surface area contributed by atoms with Crippen molar-refractivity contribution in [2.75, 3.05) is 23.7 Å². The number of rotatable bonds is 11. The van der Waals surface area contributed by atoms with Crippen LogP contribution in [0.25, 0.3) is 0 Å². The van der Waals surface area contributed by atoms with Crippen LogP contribution in [-0.2, 0) is 14.8 Å². The zero-order valence-electron chi connectivity index (χ0n) is 18.2. The highest BCUT2D eigenvalue weighted by atomic mass is 32.2. The maximum Gasteiger partial charge on any atom is 0.232 e. The highest BCUT2D eigenvalue weighted by Gasteiger charge is 2.18. The summed E-state index contributed by atoms with van der Waals surface area (Å²) in [6.07, 6.45) is 1.85. The Bertz CT molecular complexity index is 914. The molecule has 30 heavy (non-hydrogen) atoms. The fraction of sp³-hybridized carbons (Fsp3) is 0.435. The molecule has 0 aliphatic rings. The lowest BCUT2D eigenvalue weighted by Crippen LogP contribution is -2.32. The van der Waals surface area contributed by atoms with Crippen LogP contribution in [0.4, 0.5) is 5.69 Å². The Kier molecular flexibility index (Phi) is 8.72. The molecule has 0 aliphatic heterocycles. The standard InChI is InChI=1S/C23H32N2O4S/c1-18(2)29-22-13-8-12-21(16-22)25(30(4,27)28)15-9-14-23(26)24-17-19(3)20-10-6-5-7-11-20/h5-8,10-13,16,18-19H,9,14-15,17H2,1-4H3,(H,24,26)/t19-/m1/s1. The first kappa shape index (κ1) is 23.7. The fourth-order valence-corrected chi connectivity index (χ4v) is 4.07. The quantitative estimate of drug-likeness (QED) is 0.584. The van der Waals surface area contributed by atoms with Gasteiger partial charge >= 0.3 is 0 Å². The van der Waals surface area contributed by atoms with Gasteiger partial charge in [0, 0.05) is 25.6 Å². The monoisotopic (exact) mass is 432 g/mol. The highest BCUT2D eigenvalue weighted by Crippen LogP contribution is 2.24. The van der Waals surface area contributed by atoms with E-state index < -0.39 is 10.0 Å². The van der Waals surface area contributed by atoms with E-state index >= 15 is 0 Å². The van der Waals surface area contributed by atoms with E-state index in [0.29, 0.717) is 24.4 Å². The molecule has 1 amide bonds. The third-order valence-corrected chi connectivity index (χ3v) is 5.81. The first-order chi connectivity index (χ1) is 14.2. The molecule has 164 valence electrons. The van der Waals surface area contributed by atoms with Crippen molar-refractivity contribution >= 4 is 21.6 Å². The molecule has 0 bridgehead atoms. The van der Waals surface area contributed by atoms with Crippen LogP contribution in [0.2, 0.25) is 0 Å². The summed E-state index contributed by atoms with van der Waals surface area (Å²) in [4.78, 5) is 12.2. The first-order valence-electron chi connectivity index (χ1n) is 10.2. The van der Waals surface area contributed by atoms with Crippen molar-refractivity contribution in [2.45, 2.75) is 45.6 Å². The molecule has 0 spiro atoms. The van der Waals surface area contributed by atoms with Gasteiger partial charge in [0.1, 0.15) is 5.75 Å². The Morgan fingerprint density at radius 2 is 1.77 bits per heavy atom. The number of ether oxygens (including phenoxy) is 1.